The van der Waals surface area contributed by atoms with Crippen LogP contribution < -0.4 is 5.73 Å². The highest BCUT2D eigenvalue weighted by Crippen LogP contribution is 1.97. The molecule has 1 aromatic rings. The summed E-state index contributed by atoms with van der Waals surface area (Å²) in [4.78, 5) is 9.60. The van der Waals surface area contributed by atoms with Crippen LogP contribution in [0.3, 0.4) is 0 Å². The fraction of sp³-hybridized carbons (Fsp3) is 0.182. The van der Waals surface area contributed by atoms with E-state index in [9.17, 15) is 4.79 Å². The molecule has 0 aliphatic heterocycles. The van der Waals surface area contributed by atoms with Crippen LogP contribution in [0.1, 0.15) is 12.5 Å². The molecule has 0 spiro atoms. The largest absolute Gasteiger partial charge is 0.450 e. The van der Waals surface area contributed by atoms with Gasteiger partial charge >= 0.3 is 6.09 Å². The van der Waals surface area contributed by atoms with Crippen LogP contribution in [-0.4, -0.2) is 12.7 Å². The highest BCUT2D eigenvalue weighted by atomic mass is 16.5. The summed E-state index contributed by atoms with van der Waals surface area (Å²) in [7, 11) is 0. The van der Waals surface area contributed by atoms with Gasteiger partial charge in [0.2, 0.25) is 0 Å². The quantitative estimate of drug-likeness (QED) is 0.784. The van der Waals surface area contributed by atoms with Crippen LogP contribution in [0.25, 0.3) is 6.08 Å². The molecule has 0 radical (unpaired) electrons. The fourth-order valence-electron chi connectivity index (χ4n) is 0.731. The summed E-state index contributed by atoms with van der Waals surface area (Å²) in [5.74, 6) is 0. The molecule has 1 aromatic carbocycles. The highest BCUT2D eigenvalue weighted by Gasteiger charge is 1.82. The van der Waals surface area contributed by atoms with Gasteiger partial charge < -0.3 is 10.5 Å². The summed E-state index contributed by atoms with van der Waals surface area (Å²) in [6.07, 6.45) is 1.12. The maximum atomic E-state index is 9.60. The van der Waals surface area contributed by atoms with Crippen molar-refractivity contribution in [1.29, 1.82) is 0 Å². The predicted octanol–water partition coefficient (Wildman–Crippen LogP) is 2.43. The molecule has 76 valence electrons. The zero-order chi connectivity index (χ0) is 10.8. The number of primary amides is 1. The number of carbonyl (C=O) groups excluding carboxylic acids is 1. The Bertz CT molecular complexity index is 270. The number of hydrogen-bond acceptors (Lipinski definition) is 2. The zero-order valence-corrected chi connectivity index (χ0v) is 8.27. The van der Waals surface area contributed by atoms with E-state index in [4.69, 9.17) is 0 Å². The lowest BCUT2D eigenvalue weighted by Crippen LogP contribution is -2.11. The molecule has 0 saturated heterocycles. The molecular weight excluding hydrogens is 178 g/mol. The van der Waals surface area contributed by atoms with Crippen LogP contribution in [0.5, 0.6) is 0 Å². The second kappa shape index (κ2) is 7.86. The van der Waals surface area contributed by atoms with Crippen LogP contribution in [0.2, 0.25) is 0 Å². The Labute approximate surface area is 84.2 Å². The molecule has 3 nitrogen and oxygen atoms in total. The van der Waals surface area contributed by atoms with Crippen molar-refractivity contribution in [1.82, 2.24) is 0 Å². The minimum atomic E-state index is -0.711. The van der Waals surface area contributed by atoms with E-state index < -0.39 is 6.09 Å². The van der Waals surface area contributed by atoms with E-state index in [1.165, 1.54) is 5.56 Å². The Balaban J connectivity index is 0.000000255. The molecule has 3 heteroatoms. The molecule has 0 bridgehead atoms. The summed E-state index contributed by atoms with van der Waals surface area (Å²) in [6.45, 7) is 5.69. The van der Waals surface area contributed by atoms with Crippen molar-refractivity contribution in [2.45, 2.75) is 6.92 Å². The van der Waals surface area contributed by atoms with Gasteiger partial charge in [0, 0.05) is 0 Å². The smallest absolute Gasteiger partial charge is 0.404 e. The van der Waals surface area contributed by atoms with Crippen molar-refractivity contribution in [3.8, 4) is 0 Å². The van der Waals surface area contributed by atoms with Crippen molar-refractivity contribution in [2.24, 2.45) is 5.73 Å². The van der Waals surface area contributed by atoms with Gasteiger partial charge in [-0.2, -0.15) is 0 Å². The number of hydrogen-bond donors (Lipinski definition) is 1. The maximum Gasteiger partial charge on any atom is 0.404 e. The fourth-order valence-corrected chi connectivity index (χ4v) is 0.731. The molecule has 0 atom stereocenters. The van der Waals surface area contributed by atoms with Crippen molar-refractivity contribution in [3.63, 3.8) is 0 Å². The van der Waals surface area contributed by atoms with Gasteiger partial charge in [0.1, 0.15) is 0 Å². The second-order valence-corrected chi connectivity index (χ2v) is 2.37. The van der Waals surface area contributed by atoms with Crippen LogP contribution in [0.15, 0.2) is 36.9 Å². The van der Waals surface area contributed by atoms with E-state index in [1.54, 1.807) is 6.92 Å². The van der Waals surface area contributed by atoms with E-state index in [1.807, 2.05) is 36.4 Å². The SMILES string of the molecule is C=Cc1ccccc1.CCOC(N)=O. The Morgan fingerprint density at radius 3 is 2.29 bits per heavy atom. The predicted molar refractivity (Wildman–Crippen MR) is 57.7 cm³/mol. The van der Waals surface area contributed by atoms with E-state index in [-0.39, 0.29) is 0 Å². The average Bonchev–Trinajstić information content (AvgIpc) is 2.20. The summed E-state index contributed by atoms with van der Waals surface area (Å²) in [6, 6.07) is 10.0. The number of nitrogens with two attached hydrogens (primary N) is 1. The van der Waals surface area contributed by atoms with Gasteiger partial charge in [-0.15, -0.1) is 0 Å². The Morgan fingerprint density at radius 2 is 2.07 bits per heavy atom. The molecule has 0 unspecified atom stereocenters. The average molecular weight is 193 g/mol. The van der Waals surface area contributed by atoms with E-state index in [2.05, 4.69) is 17.0 Å². The molecule has 0 fully saturated rings. The molecule has 2 N–H and O–H groups in total. The molecule has 1 rings (SSSR count). The van der Waals surface area contributed by atoms with E-state index in [0.29, 0.717) is 6.61 Å². The lowest BCUT2D eigenvalue weighted by Gasteiger charge is -1.89. The van der Waals surface area contributed by atoms with Gasteiger partial charge in [0.15, 0.2) is 0 Å². The summed E-state index contributed by atoms with van der Waals surface area (Å²) >= 11 is 0. The minimum absolute atomic E-state index is 0.356. The van der Waals surface area contributed by atoms with Crippen LogP contribution in [0, 0.1) is 0 Å². The van der Waals surface area contributed by atoms with Gasteiger partial charge in [0.25, 0.3) is 0 Å². The Hall–Kier alpha value is -1.77. The van der Waals surface area contributed by atoms with E-state index >= 15 is 0 Å². The van der Waals surface area contributed by atoms with Crippen LogP contribution in [-0.2, 0) is 4.74 Å². The van der Waals surface area contributed by atoms with Gasteiger partial charge in [0.05, 0.1) is 6.61 Å². The van der Waals surface area contributed by atoms with Crippen LogP contribution in [0.4, 0.5) is 4.79 Å². The normalized spacial score (nSPS) is 8.07. The summed E-state index contributed by atoms with van der Waals surface area (Å²) in [5, 5.41) is 0. The lowest BCUT2D eigenvalue weighted by molar-refractivity contribution is 0.163. The van der Waals surface area contributed by atoms with Crippen molar-refractivity contribution in [2.75, 3.05) is 6.61 Å². The second-order valence-electron chi connectivity index (χ2n) is 2.37. The molecule has 1 amide bonds. The minimum Gasteiger partial charge on any atom is -0.450 e. The lowest BCUT2D eigenvalue weighted by atomic mass is 10.2. The first kappa shape index (κ1) is 12.2. The maximum absolute atomic E-state index is 9.60. The number of amides is 1. The van der Waals surface area contributed by atoms with Gasteiger partial charge in [-0.25, -0.2) is 4.79 Å². The summed E-state index contributed by atoms with van der Waals surface area (Å²) in [5.41, 5.74) is 5.72. The third-order valence-electron chi connectivity index (χ3n) is 1.32. The number of benzene rings is 1. The number of carbonyl (C=O) groups is 1. The third-order valence-corrected chi connectivity index (χ3v) is 1.32. The van der Waals surface area contributed by atoms with Crippen molar-refractivity contribution in [3.05, 3.63) is 42.5 Å². The first-order chi connectivity index (χ1) is 6.70. The topological polar surface area (TPSA) is 52.3 Å². The number of ether oxygens (including phenoxy) is 1. The monoisotopic (exact) mass is 193 g/mol. The van der Waals surface area contributed by atoms with E-state index in [0.717, 1.165) is 0 Å². The standard InChI is InChI=1S/C8H8.C3H7NO2/c1-2-8-6-4-3-5-7-8;1-2-6-3(4)5/h2-7H,1H2;2H2,1H3,(H2,4,5). The van der Waals surface area contributed by atoms with Gasteiger partial charge in [-0.3, -0.25) is 0 Å². The van der Waals surface area contributed by atoms with Gasteiger partial charge in [-0.05, 0) is 12.5 Å². The number of rotatable bonds is 2. The van der Waals surface area contributed by atoms with Crippen molar-refractivity contribution < 1.29 is 9.53 Å². The van der Waals surface area contributed by atoms with Crippen molar-refractivity contribution >= 4 is 12.2 Å². The highest BCUT2D eigenvalue weighted by molar-refractivity contribution is 5.64. The molecule has 14 heavy (non-hydrogen) atoms. The first-order valence-electron chi connectivity index (χ1n) is 4.30. The molecule has 0 aliphatic rings. The molecule has 0 aromatic heterocycles. The molecule has 0 aliphatic carbocycles. The third kappa shape index (κ3) is 6.91. The molecular formula is C11H15NO2. The van der Waals surface area contributed by atoms with Gasteiger partial charge in [-0.1, -0.05) is 43.0 Å². The Kier molecular flexibility index (Phi) is 6.86. The zero-order valence-electron chi connectivity index (χ0n) is 8.27. The summed E-state index contributed by atoms with van der Waals surface area (Å²) < 4.78 is 4.18. The van der Waals surface area contributed by atoms with Crippen LogP contribution >= 0.6 is 0 Å². The first-order valence-corrected chi connectivity index (χ1v) is 4.30. The Morgan fingerprint density at radius 1 is 1.50 bits per heavy atom. The molecule has 0 heterocycles. The molecule has 0 saturated carbocycles.